The maximum Gasteiger partial charge on any atom is 0.241 e. The number of anilines is 1. The fourth-order valence-corrected chi connectivity index (χ4v) is 1.84. The van der Waals surface area contributed by atoms with E-state index in [9.17, 15) is 9.59 Å². The van der Waals surface area contributed by atoms with Crippen LogP contribution in [0.4, 0.5) is 5.69 Å². The van der Waals surface area contributed by atoms with Gasteiger partial charge in [0.1, 0.15) is 6.29 Å². The largest absolute Gasteiger partial charge is 0.325 e. The number of aldehydes is 1. The molecule has 1 atom stereocenters. The van der Waals surface area contributed by atoms with Crippen molar-refractivity contribution in [3.05, 3.63) is 65.7 Å². The van der Waals surface area contributed by atoms with Crippen LogP contribution >= 0.6 is 0 Å². The molecule has 2 aromatic carbocycles. The second-order valence-electron chi connectivity index (χ2n) is 4.53. The Hall–Kier alpha value is -2.46. The SMILES string of the molecule is NC(Cc1ccccc1)C(=O)Nc1ccc(C=O)cc1. The van der Waals surface area contributed by atoms with Gasteiger partial charge in [0, 0.05) is 11.3 Å². The van der Waals surface area contributed by atoms with Crippen molar-refractivity contribution in [2.24, 2.45) is 5.73 Å². The molecule has 0 aliphatic heterocycles. The van der Waals surface area contributed by atoms with E-state index < -0.39 is 6.04 Å². The van der Waals surface area contributed by atoms with Crippen LogP contribution in [0.1, 0.15) is 15.9 Å². The summed E-state index contributed by atoms with van der Waals surface area (Å²) in [6, 6.07) is 15.7. The van der Waals surface area contributed by atoms with Crippen molar-refractivity contribution >= 4 is 17.9 Å². The van der Waals surface area contributed by atoms with Crippen LogP contribution in [0.2, 0.25) is 0 Å². The van der Waals surface area contributed by atoms with E-state index in [1.165, 1.54) is 0 Å². The van der Waals surface area contributed by atoms with Gasteiger partial charge in [-0.2, -0.15) is 0 Å². The average Bonchev–Trinajstić information content (AvgIpc) is 2.49. The first-order chi connectivity index (χ1) is 9.69. The molecule has 2 aromatic rings. The number of hydrogen-bond acceptors (Lipinski definition) is 3. The summed E-state index contributed by atoms with van der Waals surface area (Å²) >= 11 is 0. The third-order valence-electron chi connectivity index (χ3n) is 2.95. The van der Waals surface area contributed by atoms with Crippen LogP contribution in [-0.2, 0) is 11.2 Å². The zero-order valence-corrected chi connectivity index (χ0v) is 11.0. The van der Waals surface area contributed by atoms with E-state index in [0.29, 0.717) is 17.7 Å². The normalized spacial score (nSPS) is 11.7. The Morgan fingerprint density at radius 1 is 1.10 bits per heavy atom. The second kappa shape index (κ2) is 6.63. The van der Waals surface area contributed by atoms with E-state index >= 15 is 0 Å². The molecule has 0 aliphatic carbocycles. The maximum atomic E-state index is 12.0. The summed E-state index contributed by atoms with van der Waals surface area (Å²) in [5.74, 6) is -0.243. The van der Waals surface area contributed by atoms with Crippen LogP contribution in [0.15, 0.2) is 54.6 Å². The standard InChI is InChI=1S/C16H16N2O2/c17-15(10-12-4-2-1-3-5-12)16(20)18-14-8-6-13(11-19)7-9-14/h1-9,11,15H,10,17H2,(H,18,20). The third kappa shape index (κ3) is 3.76. The molecular formula is C16H16N2O2. The van der Waals surface area contributed by atoms with E-state index in [1.807, 2.05) is 30.3 Å². The summed E-state index contributed by atoms with van der Waals surface area (Å²) < 4.78 is 0. The minimum atomic E-state index is -0.608. The van der Waals surface area contributed by atoms with Gasteiger partial charge in [0.25, 0.3) is 0 Å². The van der Waals surface area contributed by atoms with Crippen LogP contribution in [-0.4, -0.2) is 18.2 Å². The van der Waals surface area contributed by atoms with Crippen molar-refractivity contribution in [3.63, 3.8) is 0 Å². The number of nitrogens with one attached hydrogen (secondary N) is 1. The monoisotopic (exact) mass is 268 g/mol. The molecule has 4 heteroatoms. The molecule has 0 heterocycles. The van der Waals surface area contributed by atoms with Gasteiger partial charge in [-0.1, -0.05) is 30.3 Å². The number of carbonyl (C=O) groups excluding carboxylic acids is 2. The number of rotatable bonds is 5. The van der Waals surface area contributed by atoms with Gasteiger partial charge in [-0.3, -0.25) is 9.59 Å². The fourth-order valence-electron chi connectivity index (χ4n) is 1.84. The highest BCUT2D eigenvalue weighted by Crippen LogP contribution is 2.09. The molecule has 1 unspecified atom stereocenters. The lowest BCUT2D eigenvalue weighted by Gasteiger charge is -2.12. The molecule has 3 N–H and O–H groups in total. The van der Waals surface area contributed by atoms with Crippen molar-refractivity contribution in [1.29, 1.82) is 0 Å². The highest BCUT2D eigenvalue weighted by Gasteiger charge is 2.14. The van der Waals surface area contributed by atoms with Gasteiger partial charge in [-0.25, -0.2) is 0 Å². The zero-order valence-electron chi connectivity index (χ0n) is 11.0. The molecule has 0 fully saturated rings. The Balaban J connectivity index is 1.95. The molecule has 0 spiro atoms. The molecule has 1 amide bonds. The van der Waals surface area contributed by atoms with E-state index in [1.54, 1.807) is 24.3 Å². The smallest absolute Gasteiger partial charge is 0.241 e. The van der Waals surface area contributed by atoms with Crippen LogP contribution in [0.5, 0.6) is 0 Å². The van der Waals surface area contributed by atoms with E-state index in [-0.39, 0.29) is 5.91 Å². The molecule has 102 valence electrons. The quantitative estimate of drug-likeness (QED) is 0.815. The molecule has 2 rings (SSSR count). The molecule has 0 bridgehead atoms. The number of amides is 1. The van der Waals surface area contributed by atoms with Crippen LogP contribution in [0.3, 0.4) is 0 Å². The molecule has 4 nitrogen and oxygen atoms in total. The van der Waals surface area contributed by atoms with Crippen LogP contribution in [0.25, 0.3) is 0 Å². The van der Waals surface area contributed by atoms with Gasteiger partial charge >= 0.3 is 0 Å². The van der Waals surface area contributed by atoms with Gasteiger partial charge in [0.2, 0.25) is 5.91 Å². The Labute approximate surface area is 117 Å². The van der Waals surface area contributed by atoms with Gasteiger partial charge in [-0.05, 0) is 36.2 Å². The third-order valence-corrected chi connectivity index (χ3v) is 2.95. The van der Waals surface area contributed by atoms with Gasteiger partial charge in [0.15, 0.2) is 0 Å². The van der Waals surface area contributed by atoms with Gasteiger partial charge in [0.05, 0.1) is 6.04 Å². The Morgan fingerprint density at radius 3 is 2.35 bits per heavy atom. The lowest BCUT2D eigenvalue weighted by Crippen LogP contribution is -2.37. The summed E-state index contributed by atoms with van der Waals surface area (Å²) in [5, 5.41) is 2.73. The first-order valence-electron chi connectivity index (χ1n) is 6.34. The molecule has 0 radical (unpaired) electrons. The first-order valence-corrected chi connectivity index (χ1v) is 6.34. The average molecular weight is 268 g/mol. The van der Waals surface area contributed by atoms with Crippen molar-refractivity contribution < 1.29 is 9.59 Å². The second-order valence-corrected chi connectivity index (χ2v) is 4.53. The van der Waals surface area contributed by atoms with Crippen molar-refractivity contribution in [2.75, 3.05) is 5.32 Å². The molecule has 0 saturated carbocycles. The minimum Gasteiger partial charge on any atom is -0.325 e. The summed E-state index contributed by atoms with van der Waals surface area (Å²) in [6.07, 6.45) is 1.24. The molecular weight excluding hydrogens is 252 g/mol. The number of hydrogen-bond donors (Lipinski definition) is 2. The minimum absolute atomic E-state index is 0.243. The summed E-state index contributed by atoms with van der Waals surface area (Å²) in [7, 11) is 0. The summed E-state index contributed by atoms with van der Waals surface area (Å²) in [5.41, 5.74) is 8.10. The first kappa shape index (κ1) is 14.0. The fraction of sp³-hybridized carbons (Fsp3) is 0.125. The van der Waals surface area contributed by atoms with Crippen LogP contribution in [0, 0.1) is 0 Å². The molecule has 0 aliphatic rings. The summed E-state index contributed by atoms with van der Waals surface area (Å²) in [4.78, 5) is 22.5. The number of benzene rings is 2. The predicted molar refractivity (Wildman–Crippen MR) is 78.6 cm³/mol. The number of carbonyl (C=O) groups is 2. The van der Waals surface area contributed by atoms with Crippen molar-refractivity contribution in [3.8, 4) is 0 Å². The van der Waals surface area contributed by atoms with E-state index in [0.717, 1.165) is 11.8 Å². The van der Waals surface area contributed by atoms with E-state index in [2.05, 4.69) is 5.32 Å². The zero-order chi connectivity index (χ0) is 14.4. The van der Waals surface area contributed by atoms with Gasteiger partial charge < -0.3 is 11.1 Å². The van der Waals surface area contributed by atoms with Crippen molar-refractivity contribution in [2.45, 2.75) is 12.5 Å². The number of nitrogens with two attached hydrogens (primary N) is 1. The molecule has 20 heavy (non-hydrogen) atoms. The predicted octanol–water partition coefficient (Wildman–Crippen LogP) is 2.01. The van der Waals surface area contributed by atoms with Crippen molar-refractivity contribution in [1.82, 2.24) is 0 Å². The molecule has 0 aromatic heterocycles. The Morgan fingerprint density at radius 2 is 1.75 bits per heavy atom. The summed E-state index contributed by atoms with van der Waals surface area (Å²) in [6.45, 7) is 0. The Bertz CT molecular complexity index is 579. The Kier molecular flexibility index (Phi) is 4.63. The van der Waals surface area contributed by atoms with Crippen LogP contribution < -0.4 is 11.1 Å². The van der Waals surface area contributed by atoms with Gasteiger partial charge in [-0.15, -0.1) is 0 Å². The van der Waals surface area contributed by atoms with E-state index in [4.69, 9.17) is 5.73 Å². The lowest BCUT2D eigenvalue weighted by atomic mass is 10.1. The lowest BCUT2D eigenvalue weighted by molar-refractivity contribution is -0.117. The topological polar surface area (TPSA) is 72.2 Å². The molecule has 0 saturated heterocycles. The highest BCUT2D eigenvalue weighted by molar-refractivity contribution is 5.95. The maximum absolute atomic E-state index is 12.0. The highest BCUT2D eigenvalue weighted by atomic mass is 16.2.